The van der Waals surface area contributed by atoms with Gasteiger partial charge in [0.15, 0.2) is 0 Å². The Balaban J connectivity index is 1.47. The number of unbranched alkanes of at least 4 members (excludes halogenated alkanes) is 2. The smallest absolute Gasteiger partial charge is 0.327 e. The van der Waals surface area contributed by atoms with Crippen LogP contribution < -0.4 is 5.32 Å². The Labute approximate surface area is 154 Å². The van der Waals surface area contributed by atoms with Gasteiger partial charge in [-0.3, -0.25) is 14.5 Å². The van der Waals surface area contributed by atoms with Crippen LogP contribution in [0.5, 0.6) is 0 Å². The highest BCUT2D eigenvalue weighted by Gasteiger charge is 2.46. The number of nitrogens with one attached hydrogen (secondary N) is 1. The van der Waals surface area contributed by atoms with Crippen LogP contribution in [0.1, 0.15) is 50.2 Å². The van der Waals surface area contributed by atoms with E-state index in [-0.39, 0.29) is 23.9 Å². The first kappa shape index (κ1) is 18.4. The number of carbonyl (C=O) groups excluding carboxylic acids is 3. The minimum absolute atomic E-state index is 0.0785. The van der Waals surface area contributed by atoms with Gasteiger partial charge in [-0.15, -0.1) is 0 Å². The summed E-state index contributed by atoms with van der Waals surface area (Å²) in [5, 5.41) is 2.86. The van der Waals surface area contributed by atoms with Crippen molar-refractivity contribution in [1.82, 2.24) is 15.1 Å². The molecule has 2 heterocycles. The van der Waals surface area contributed by atoms with Crippen molar-refractivity contribution in [3.8, 4) is 0 Å². The van der Waals surface area contributed by atoms with Crippen molar-refractivity contribution in [3.63, 3.8) is 0 Å². The monoisotopic (exact) mass is 357 g/mol. The van der Waals surface area contributed by atoms with Crippen LogP contribution in [0.3, 0.4) is 0 Å². The first-order valence-corrected chi connectivity index (χ1v) is 9.57. The van der Waals surface area contributed by atoms with Crippen LogP contribution in [-0.2, 0) is 22.6 Å². The average molecular weight is 357 g/mol. The predicted octanol–water partition coefficient (Wildman–Crippen LogP) is 2.46. The minimum atomic E-state index is -0.350. The summed E-state index contributed by atoms with van der Waals surface area (Å²) in [7, 11) is 0. The second-order valence-electron chi connectivity index (χ2n) is 7.05. The number of urea groups is 1. The number of nitrogens with zero attached hydrogens (tertiary/aromatic N) is 2. The molecule has 140 valence electrons. The molecule has 0 aromatic heterocycles. The third kappa shape index (κ3) is 3.89. The van der Waals surface area contributed by atoms with E-state index >= 15 is 0 Å². The van der Waals surface area contributed by atoms with Crippen molar-refractivity contribution in [3.05, 3.63) is 35.4 Å². The van der Waals surface area contributed by atoms with Crippen molar-refractivity contribution >= 4 is 17.8 Å². The Morgan fingerprint density at radius 2 is 1.92 bits per heavy atom. The molecule has 6 heteroatoms. The quantitative estimate of drug-likeness (QED) is 0.574. The van der Waals surface area contributed by atoms with E-state index in [1.165, 1.54) is 4.90 Å². The van der Waals surface area contributed by atoms with E-state index in [0.717, 1.165) is 43.4 Å². The Bertz CT molecular complexity index is 646. The van der Waals surface area contributed by atoms with Gasteiger partial charge in [0.2, 0.25) is 5.91 Å². The van der Waals surface area contributed by atoms with Gasteiger partial charge in [-0.1, -0.05) is 37.6 Å². The topological polar surface area (TPSA) is 69.7 Å². The molecule has 1 saturated heterocycles. The molecule has 0 spiro atoms. The summed E-state index contributed by atoms with van der Waals surface area (Å²) < 4.78 is 0. The largest absolute Gasteiger partial charge is 0.356 e. The van der Waals surface area contributed by atoms with Crippen LogP contribution in [0.25, 0.3) is 0 Å². The highest BCUT2D eigenvalue weighted by molar-refractivity contribution is 6.04. The summed E-state index contributed by atoms with van der Waals surface area (Å²) in [4.78, 5) is 39.9. The molecular weight excluding hydrogens is 330 g/mol. The van der Waals surface area contributed by atoms with E-state index in [2.05, 4.69) is 5.32 Å². The fourth-order valence-electron chi connectivity index (χ4n) is 3.66. The lowest BCUT2D eigenvalue weighted by Crippen LogP contribution is -2.39. The maximum atomic E-state index is 12.6. The first-order chi connectivity index (χ1) is 12.6. The Morgan fingerprint density at radius 1 is 1.15 bits per heavy atom. The molecule has 0 bridgehead atoms. The molecule has 0 radical (unpaired) electrons. The number of benzene rings is 1. The number of fused-ring (bicyclic) bond motifs is 2. The molecule has 1 fully saturated rings. The van der Waals surface area contributed by atoms with Gasteiger partial charge in [-0.25, -0.2) is 4.79 Å². The standard InChI is InChI=1S/C20H27N3O3/c1-2-11-21-18(24)10-4-3-7-12-22-19(25)17-13-15-8-5-6-9-16(15)14-23(17)20(22)26/h5-6,8-9,17H,2-4,7,10-14H2,1H3,(H,21,24). The lowest BCUT2D eigenvalue weighted by molar-refractivity contribution is -0.128. The highest BCUT2D eigenvalue weighted by atomic mass is 16.2. The zero-order valence-corrected chi connectivity index (χ0v) is 15.4. The van der Waals surface area contributed by atoms with Crippen molar-refractivity contribution in [2.45, 2.75) is 58.0 Å². The molecule has 0 saturated carbocycles. The Morgan fingerprint density at radius 3 is 2.69 bits per heavy atom. The number of amides is 4. The van der Waals surface area contributed by atoms with Crippen LogP contribution >= 0.6 is 0 Å². The number of hydrogen-bond donors (Lipinski definition) is 1. The summed E-state index contributed by atoms with van der Waals surface area (Å²) in [6.07, 6.45) is 4.41. The van der Waals surface area contributed by atoms with Crippen LogP contribution in [0, 0.1) is 0 Å². The van der Waals surface area contributed by atoms with E-state index in [0.29, 0.717) is 25.9 Å². The zero-order chi connectivity index (χ0) is 18.5. The van der Waals surface area contributed by atoms with Crippen molar-refractivity contribution in [1.29, 1.82) is 0 Å². The number of carbonyl (C=O) groups is 3. The molecular formula is C20H27N3O3. The molecule has 1 atom stereocenters. The second-order valence-corrected chi connectivity index (χ2v) is 7.05. The summed E-state index contributed by atoms with van der Waals surface area (Å²) in [5.74, 6) is 0.000243. The number of hydrogen-bond acceptors (Lipinski definition) is 3. The lowest BCUT2D eigenvalue weighted by Gasteiger charge is -2.28. The molecule has 26 heavy (non-hydrogen) atoms. The predicted molar refractivity (Wildman–Crippen MR) is 98.4 cm³/mol. The maximum absolute atomic E-state index is 12.6. The van der Waals surface area contributed by atoms with Crippen molar-refractivity contribution < 1.29 is 14.4 Å². The summed E-state index contributed by atoms with van der Waals surface area (Å²) in [6, 6.07) is 7.49. The van der Waals surface area contributed by atoms with Crippen molar-refractivity contribution in [2.75, 3.05) is 13.1 Å². The van der Waals surface area contributed by atoms with Gasteiger partial charge in [0.05, 0.1) is 0 Å². The van der Waals surface area contributed by atoms with E-state index < -0.39 is 0 Å². The third-order valence-corrected chi connectivity index (χ3v) is 5.13. The lowest BCUT2D eigenvalue weighted by atomic mass is 9.95. The van der Waals surface area contributed by atoms with E-state index in [4.69, 9.17) is 0 Å². The molecule has 6 nitrogen and oxygen atoms in total. The highest BCUT2D eigenvalue weighted by Crippen LogP contribution is 2.30. The maximum Gasteiger partial charge on any atom is 0.327 e. The van der Waals surface area contributed by atoms with E-state index in [1.54, 1.807) is 4.90 Å². The minimum Gasteiger partial charge on any atom is -0.356 e. The van der Waals surface area contributed by atoms with Gasteiger partial charge in [0.25, 0.3) is 5.91 Å². The first-order valence-electron chi connectivity index (χ1n) is 9.57. The van der Waals surface area contributed by atoms with Gasteiger partial charge < -0.3 is 10.2 Å². The molecule has 1 N–H and O–H groups in total. The van der Waals surface area contributed by atoms with Gasteiger partial charge in [0, 0.05) is 32.5 Å². The summed E-state index contributed by atoms with van der Waals surface area (Å²) in [5.41, 5.74) is 2.29. The molecule has 2 aliphatic heterocycles. The summed E-state index contributed by atoms with van der Waals surface area (Å²) in [6.45, 7) is 3.70. The second kappa shape index (κ2) is 8.34. The van der Waals surface area contributed by atoms with Crippen molar-refractivity contribution in [2.24, 2.45) is 0 Å². The van der Waals surface area contributed by atoms with Crippen LogP contribution in [0.2, 0.25) is 0 Å². The van der Waals surface area contributed by atoms with Crippen LogP contribution in [-0.4, -0.2) is 46.8 Å². The summed E-state index contributed by atoms with van der Waals surface area (Å²) >= 11 is 0. The van der Waals surface area contributed by atoms with E-state index in [9.17, 15) is 14.4 Å². The molecule has 4 amide bonds. The number of imide groups is 1. The zero-order valence-electron chi connectivity index (χ0n) is 15.4. The Hall–Kier alpha value is -2.37. The Kier molecular flexibility index (Phi) is 5.91. The normalized spacial score (nSPS) is 18.7. The molecule has 2 aliphatic rings. The van der Waals surface area contributed by atoms with Crippen LogP contribution in [0.15, 0.2) is 24.3 Å². The fourth-order valence-corrected chi connectivity index (χ4v) is 3.66. The van der Waals surface area contributed by atoms with Gasteiger partial charge in [-0.05, 0) is 30.4 Å². The third-order valence-electron chi connectivity index (χ3n) is 5.13. The van der Waals surface area contributed by atoms with E-state index in [1.807, 2.05) is 31.2 Å². The molecule has 3 rings (SSSR count). The van der Waals surface area contributed by atoms with Gasteiger partial charge in [0.1, 0.15) is 6.04 Å². The molecule has 1 aromatic rings. The molecule has 1 unspecified atom stereocenters. The van der Waals surface area contributed by atoms with Gasteiger partial charge >= 0.3 is 6.03 Å². The number of rotatable bonds is 8. The molecule has 1 aromatic carbocycles. The van der Waals surface area contributed by atoms with Gasteiger partial charge in [-0.2, -0.15) is 0 Å². The SMILES string of the molecule is CCCNC(=O)CCCCCN1C(=O)C2Cc3ccccc3CN2C1=O. The average Bonchev–Trinajstić information content (AvgIpc) is 2.88. The van der Waals surface area contributed by atoms with Crippen LogP contribution in [0.4, 0.5) is 4.79 Å². The molecule has 0 aliphatic carbocycles. The fraction of sp³-hybridized carbons (Fsp3) is 0.550.